The molecule has 2 heterocycles. The van der Waals surface area contributed by atoms with Crippen LogP contribution in [0.2, 0.25) is 0 Å². The van der Waals surface area contributed by atoms with Gasteiger partial charge in [-0.15, -0.1) is 10.2 Å². The molecule has 0 saturated heterocycles. The van der Waals surface area contributed by atoms with Gasteiger partial charge in [0, 0.05) is 19.0 Å². The zero-order valence-electron chi connectivity index (χ0n) is 13.8. The number of aryl methyl sites for hydroxylation is 2. The van der Waals surface area contributed by atoms with Crippen LogP contribution in [-0.4, -0.2) is 14.8 Å². The van der Waals surface area contributed by atoms with Crippen LogP contribution >= 0.6 is 0 Å². The number of rotatable bonds is 3. The van der Waals surface area contributed by atoms with Crippen LogP contribution in [0.4, 0.5) is 0 Å². The number of nitrogens with one attached hydrogen (secondary N) is 1. The van der Waals surface area contributed by atoms with Crippen molar-refractivity contribution in [2.45, 2.75) is 70.5 Å². The van der Waals surface area contributed by atoms with Gasteiger partial charge in [0.1, 0.15) is 11.6 Å². The zero-order chi connectivity index (χ0) is 15.5. The van der Waals surface area contributed by atoms with Crippen LogP contribution in [0.1, 0.15) is 67.3 Å². The molecular weight excluding hydrogens is 284 g/mol. The molecule has 2 aliphatic rings. The predicted molar refractivity (Wildman–Crippen MR) is 91.2 cm³/mol. The highest BCUT2D eigenvalue weighted by atomic mass is 15.3. The number of aromatic nitrogens is 3. The number of benzene rings is 1. The Labute approximate surface area is 138 Å². The summed E-state index contributed by atoms with van der Waals surface area (Å²) in [6, 6.07) is 9.37. The minimum absolute atomic E-state index is 0.451. The van der Waals surface area contributed by atoms with Crippen molar-refractivity contribution in [3.63, 3.8) is 0 Å². The van der Waals surface area contributed by atoms with Gasteiger partial charge < -0.3 is 9.88 Å². The lowest BCUT2D eigenvalue weighted by atomic mass is 9.99. The van der Waals surface area contributed by atoms with Gasteiger partial charge in [0.15, 0.2) is 0 Å². The molecule has 0 saturated carbocycles. The Balaban J connectivity index is 1.50. The quantitative estimate of drug-likeness (QED) is 0.882. The molecule has 122 valence electrons. The van der Waals surface area contributed by atoms with Gasteiger partial charge >= 0.3 is 0 Å². The third-order valence-corrected chi connectivity index (χ3v) is 5.31. The van der Waals surface area contributed by atoms with Crippen LogP contribution in [0.15, 0.2) is 24.3 Å². The summed E-state index contributed by atoms with van der Waals surface area (Å²) in [7, 11) is 0. The molecule has 0 spiro atoms. The normalized spacial score (nSPS) is 21.1. The van der Waals surface area contributed by atoms with Gasteiger partial charge in [-0.2, -0.15) is 0 Å². The molecule has 1 aromatic heterocycles. The van der Waals surface area contributed by atoms with Crippen molar-refractivity contribution in [3.8, 4) is 0 Å². The maximum atomic E-state index is 4.45. The van der Waals surface area contributed by atoms with Crippen LogP contribution in [0, 0.1) is 0 Å². The van der Waals surface area contributed by atoms with Crippen molar-refractivity contribution < 1.29 is 0 Å². The first-order chi connectivity index (χ1) is 11.4. The Morgan fingerprint density at radius 3 is 2.91 bits per heavy atom. The van der Waals surface area contributed by atoms with Crippen LogP contribution in [0.5, 0.6) is 0 Å². The Morgan fingerprint density at radius 2 is 1.91 bits per heavy atom. The highest BCUT2D eigenvalue weighted by molar-refractivity contribution is 5.31. The summed E-state index contributed by atoms with van der Waals surface area (Å²) in [5.74, 6) is 2.30. The van der Waals surface area contributed by atoms with Crippen LogP contribution in [0.25, 0.3) is 0 Å². The predicted octanol–water partition coefficient (Wildman–Crippen LogP) is 3.56. The van der Waals surface area contributed by atoms with E-state index in [0.29, 0.717) is 6.04 Å². The summed E-state index contributed by atoms with van der Waals surface area (Å²) >= 11 is 0. The van der Waals surface area contributed by atoms with Gasteiger partial charge in [-0.05, 0) is 43.2 Å². The Bertz CT molecular complexity index is 661. The molecule has 4 rings (SSSR count). The SMILES string of the molecule is c1ccc2c(c1)CCCC[C@@H]2NCc1nnc2n1CCCCC2. The second-order valence-electron chi connectivity index (χ2n) is 6.87. The Morgan fingerprint density at radius 1 is 1.00 bits per heavy atom. The van der Waals surface area contributed by atoms with E-state index in [-0.39, 0.29) is 0 Å². The molecule has 1 N–H and O–H groups in total. The lowest BCUT2D eigenvalue weighted by Gasteiger charge is -2.19. The topological polar surface area (TPSA) is 42.7 Å². The van der Waals surface area contributed by atoms with E-state index in [1.807, 2.05) is 0 Å². The molecule has 2 aromatic rings. The van der Waals surface area contributed by atoms with Crippen molar-refractivity contribution in [3.05, 3.63) is 47.0 Å². The maximum Gasteiger partial charge on any atom is 0.147 e. The molecule has 1 aliphatic carbocycles. The van der Waals surface area contributed by atoms with E-state index in [1.165, 1.54) is 61.9 Å². The van der Waals surface area contributed by atoms with E-state index >= 15 is 0 Å². The Hall–Kier alpha value is -1.68. The highest BCUT2D eigenvalue weighted by Crippen LogP contribution is 2.28. The van der Waals surface area contributed by atoms with Gasteiger partial charge in [-0.25, -0.2) is 0 Å². The molecule has 4 nitrogen and oxygen atoms in total. The largest absolute Gasteiger partial charge is 0.314 e. The average Bonchev–Trinajstić information content (AvgIpc) is 2.77. The summed E-state index contributed by atoms with van der Waals surface area (Å²) in [5.41, 5.74) is 3.00. The molecule has 1 aliphatic heterocycles. The van der Waals surface area contributed by atoms with E-state index < -0.39 is 0 Å². The fraction of sp³-hybridized carbons (Fsp3) is 0.579. The first kappa shape index (κ1) is 14.9. The Kier molecular flexibility index (Phi) is 4.42. The molecule has 0 amide bonds. The smallest absolute Gasteiger partial charge is 0.147 e. The molecule has 0 bridgehead atoms. The van der Waals surface area contributed by atoms with Crippen LogP contribution in [-0.2, 0) is 25.9 Å². The maximum absolute atomic E-state index is 4.45. The summed E-state index contributed by atoms with van der Waals surface area (Å²) in [6.45, 7) is 1.91. The third-order valence-electron chi connectivity index (χ3n) is 5.31. The summed E-state index contributed by atoms with van der Waals surface area (Å²) in [5, 5.41) is 12.6. The van der Waals surface area contributed by atoms with Crippen LogP contribution < -0.4 is 5.32 Å². The number of nitrogens with zero attached hydrogens (tertiary/aromatic N) is 3. The van der Waals surface area contributed by atoms with Crippen molar-refractivity contribution in [2.24, 2.45) is 0 Å². The summed E-state index contributed by atoms with van der Waals surface area (Å²) < 4.78 is 2.35. The molecule has 1 aromatic carbocycles. The minimum Gasteiger partial charge on any atom is -0.314 e. The third kappa shape index (κ3) is 3.18. The van der Waals surface area contributed by atoms with Crippen LogP contribution in [0.3, 0.4) is 0 Å². The second-order valence-corrected chi connectivity index (χ2v) is 6.87. The van der Waals surface area contributed by atoms with Crippen molar-refractivity contribution in [1.29, 1.82) is 0 Å². The molecule has 1 atom stereocenters. The minimum atomic E-state index is 0.451. The first-order valence-corrected chi connectivity index (χ1v) is 9.14. The first-order valence-electron chi connectivity index (χ1n) is 9.14. The zero-order valence-corrected chi connectivity index (χ0v) is 13.8. The van der Waals surface area contributed by atoms with Gasteiger partial charge in [0.25, 0.3) is 0 Å². The van der Waals surface area contributed by atoms with E-state index in [1.54, 1.807) is 0 Å². The van der Waals surface area contributed by atoms with E-state index in [2.05, 4.69) is 44.3 Å². The number of fused-ring (bicyclic) bond motifs is 2. The number of hydrogen-bond acceptors (Lipinski definition) is 3. The molecule has 0 fully saturated rings. The van der Waals surface area contributed by atoms with E-state index in [0.717, 1.165) is 25.3 Å². The van der Waals surface area contributed by atoms with Crippen molar-refractivity contribution in [1.82, 2.24) is 20.1 Å². The lowest BCUT2D eigenvalue weighted by Crippen LogP contribution is -2.23. The molecule has 4 heteroatoms. The van der Waals surface area contributed by atoms with Crippen molar-refractivity contribution >= 4 is 0 Å². The van der Waals surface area contributed by atoms with Gasteiger partial charge in [0.2, 0.25) is 0 Å². The molecule has 0 unspecified atom stereocenters. The average molecular weight is 310 g/mol. The fourth-order valence-electron chi connectivity index (χ4n) is 4.02. The van der Waals surface area contributed by atoms with Crippen molar-refractivity contribution in [2.75, 3.05) is 0 Å². The van der Waals surface area contributed by atoms with Gasteiger partial charge in [-0.1, -0.05) is 37.1 Å². The number of hydrogen-bond donors (Lipinski definition) is 1. The molecular formula is C19H26N4. The summed E-state index contributed by atoms with van der Waals surface area (Å²) in [4.78, 5) is 0. The van der Waals surface area contributed by atoms with E-state index in [4.69, 9.17) is 0 Å². The summed E-state index contributed by atoms with van der Waals surface area (Å²) in [6.07, 6.45) is 9.93. The van der Waals surface area contributed by atoms with Gasteiger partial charge in [-0.3, -0.25) is 0 Å². The van der Waals surface area contributed by atoms with Gasteiger partial charge in [0.05, 0.1) is 6.54 Å². The van der Waals surface area contributed by atoms with E-state index in [9.17, 15) is 0 Å². The lowest BCUT2D eigenvalue weighted by molar-refractivity contribution is 0.469. The highest BCUT2D eigenvalue weighted by Gasteiger charge is 2.20. The monoisotopic (exact) mass is 310 g/mol. The molecule has 23 heavy (non-hydrogen) atoms. The molecule has 0 radical (unpaired) electrons. The second kappa shape index (κ2) is 6.83. The fourth-order valence-corrected chi connectivity index (χ4v) is 4.02. The standard InChI is InChI=1S/C19H26N4/c1-2-12-18-21-22-19(23(18)13-7-1)14-20-17-11-6-4-9-15-8-3-5-10-16(15)17/h3,5,8,10,17,20H,1-2,4,6-7,9,11-14H2/t17-/m0/s1.